The minimum atomic E-state index is -1.07. The number of benzene rings is 3. The minimum Gasteiger partial charge on any atom is -0.489 e. The Morgan fingerprint density at radius 2 is 1.90 bits per heavy atom. The lowest BCUT2D eigenvalue weighted by Gasteiger charge is -2.13. The summed E-state index contributed by atoms with van der Waals surface area (Å²) in [6, 6.07) is 19.1. The van der Waals surface area contributed by atoms with Crippen molar-refractivity contribution < 1.29 is 19.4 Å². The maximum atomic E-state index is 12.0. The number of hydrogen-bond donors (Lipinski definition) is 1. The molecule has 0 aliphatic carbocycles. The molecule has 3 aromatic carbocycles. The summed E-state index contributed by atoms with van der Waals surface area (Å²) in [6.07, 6.45) is -1.07. The Balaban J connectivity index is 1.51. The molecule has 1 aliphatic rings. The van der Waals surface area contributed by atoms with Gasteiger partial charge in [-0.05, 0) is 58.7 Å². The molecule has 154 valence electrons. The van der Waals surface area contributed by atoms with Crippen LogP contribution >= 0.6 is 11.6 Å². The van der Waals surface area contributed by atoms with E-state index in [0.29, 0.717) is 23.7 Å². The summed E-state index contributed by atoms with van der Waals surface area (Å²) in [5.41, 5.74) is 5.16. The lowest BCUT2D eigenvalue weighted by atomic mass is 10.0. The molecule has 0 saturated heterocycles. The van der Waals surface area contributed by atoms with Crippen molar-refractivity contribution in [1.82, 2.24) is 4.90 Å². The van der Waals surface area contributed by atoms with Crippen LogP contribution in [0.5, 0.6) is 5.75 Å². The van der Waals surface area contributed by atoms with Gasteiger partial charge in [-0.25, -0.2) is 0 Å². The van der Waals surface area contributed by atoms with Gasteiger partial charge in [-0.3, -0.25) is 4.79 Å². The zero-order chi connectivity index (χ0) is 21.3. The Morgan fingerprint density at radius 1 is 1.10 bits per heavy atom. The Labute approximate surface area is 180 Å². The molecule has 0 aromatic heterocycles. The number of carbonyl (C=O) groups excluding carboxylic acids is 1. The molecule has 3 aromatic rings. The first-order chi connectivity index (χ1) is 14.5. The van der Waals surface area contributed by atoms with E-state index in [2.05, 4.69) is 0 Å². The third-order valence-electron chi connectivity index (χ3n) is 5.21. The van der Waals surface area contributed by atoms with Crippen LogP contribution in [0.15, 0.2) is 60.7 Å². The van der Waals surface area contributed by atoms with Gasteiger partial charge in [0.05, 0.1) is 0 Å². The molecular formula is C24H22ClNO4. The van der Waals surface area contributed by atoms with E-state index in [0.717, 1.165) is 33.6 Å². The second-order valence-corrected chi connectivity index (χ2v) is 7.70. The first kappa shape index (κ1) is 20.4. The van der Waals surface area contributed by atoms with Crippen molar-refractivity contribution in [2.24, 2.45) is 0 Å². The van der Waals surface area contributed by atoms with Gasteiger partial charge in [-0.15, -0.1) is 0 Å². The zero-order valence-electron chi connectivity index (χ0n) is 16.8. The second kappa shape index (κ2) is 8.48. The molecule has 0 radical (unpaired) electrons. The molecule has 4 rings (SSSR count). The topological polar surface area (TPSA) is 59.0 Å². The Kier molecular flexibility index (Phi) is 5.77. The lowest BCUT2D eigenvalue weighted by molar-refractivity contribution is -0.0768. The number of aliphatic hydroxyl groups excluding tert-OH is 1. The van der Waals surface area contributed by atoms with Crippen LogP contribution in [0.1, 0.15) is 33.3 Å². The summed E-state index contributed by atoms with van der Waals surface area (Å²) < 4.78 is 11.0. The van der Waals surface area contributed by atoms with Gasteiger partial charge < -0.3 is 19.5 Å². The Hall–Kier alpha value is -2.86. The standard InChI is InChI=1S/C24H22ClNO4/c1-26-13-18-11-19(7-8-20(18)23(26)27)30-14-15-4-3-5-16(10-15)17-6-9-22(25)21(12-17)24(28)29-2/h3-12,24,28H,13-14H2,1-2H3. The number of fused-ring (bicyclic) bond motifs is 1. The first-order valence-electron chi connectivity index (χ1n) is 9.57. The zero-order valence-corrected chi connectivity index (χ0v) is 17.5. The molecular weight excluding hydrogens is 402 g/mol. The molecule has 1 unspecified atom stereocenters. The molecule has 0 fully saturated rings. The normalized spacial score (nSPS) is 14.0. The summed E-state index contributed by atoms with van der Waals surface area (Å²) in [6.45, 7) is 1.00. The van der Waals surface area contributed by atoms with E-state index >= 15 is 0 Å². The predicted molar refractivity (Wildman–Crippen MR) is 115 cm³/mol. The number of nitrogens with zero attached hydrogens (tertiary/aromatic N) is 1. The number of methoxy groups -OCH3 is 1. The SMILES string of the molecule is COC(O)c1cc(-c2cccc(COc3ccc4c(c3)CN(C)C4=O)c2)ccc1Cl. The van der Waals surface area contributed by atoms with Gasteiger partial charge in [-0.1, -0.05) is 35.9 Å². The molecule has 1 amide bonds. The van der Waals surface area contributed by atoms with Crippen LogP contribution in [0, 0.1) is 0 Å². The van der Waals surface area contributed by atoms with E-state index in [1.165, 1.54) is 7.11 Å². The van der Waals surface area contributed by atoms with E-state index in [4.69, 9.17) is 21.1 Å². The molecule has 30 heavy (non-hydrogen) atoms. The number of rotatable bonds is 6. The van der Waals surface area contributed by atoms with Gasteiger partial charge in [-0.2, -0.15) is 0 Å². The number of hydrogen-bond acceptors (Lipinski definition) is 4. The molecule has 0 saturated carbocycles. The number of ether oxygens (including phenoxy) is 2. The monoisotopic (exact) mass is 423 g/mol. The average molecular weight is 424 g/mol. The molecule has 1 atom stereocenters. The van der Waals surface area contributed by atoms with Crippen molar-refractivity contribution in [3.05, 3.63) is 87.9 Å². The minimum absolute atomic E-state index is 0.0465. The van der Waals surface area contributed by atoms with Crippen LogP contribution in [0.2, 0.25) is 5.02 Å². The average Bonchev–Trinajstić information content (AvgIpc) is 3.05. The molecule has 5 nitrogen and oxygen atoms in total. The summed E-state index contributed by atoms with van der Waals surface area (Å²) in [5.74, 6) is 0.782. The highest BCUT2D eigenvalue weighted by molar-refractivity contribution is 6.31. The molecule has 1 heterocycles. The van der Waals surface area contributed by atoms with Gasteiger partial charge in [0, 0.05) is 36.9 Å². The van der Waals surface area contributed by atoms with Gasteiger partial charge in [0.15, 0.2) is 6.29 Å². The van der Waals surface area contributed by atoms with Gasteiger partial charge in [0.25, 0.3) is 5.91 Å². The second-order valence-electron chi connectivity index (χ2n) is 7.29. The highest BCUT2D eigenvalue weighted by atomic mass is 35.5. The Morgan fingerprint density at radius 3 is 2.70 bits per heavy atom. The van der Waals surface area contributed by atoms with E-state index in [-0.39, 0.29) is 5.91 Å². The number of carbonyl (C=O) groups is 1. The third-order valence-corrected chi connectivity index (χ3v) is 5.56. The maximum Gasteiger partial charge on any atom is 0.254 e. The van der Waals surface area contributed by atoms with Crippen LogP contribution in [0.25, 0.3) is 11.1 Å². The largest absolute Gasteiger partial charge is 0.489 e. The third kappa shape index (κ3) is 4.05. The summed E-state index contributed by atoms with van der Waals surface area (Å²) in [7, 11) is 3.22. The molecule has 1 aliphatic heterocycles. The van der Waals surface area contributed by atoms with Crippen LogP contribution < -0.4 is 4.74 Å². The van der Waals surface area contributed by atoms with E-state index < -0.39 is 6.29 Å². The summed E-state index contributed by atoms with van der Waals surface area (Å²) in [4.78, 5) is 13.7. The lowest BCUT2D eigenvalue weighted by Crippen LogP contribution is -2.17. The van der Waals surface area contributed by atoms with Crippen molar-refractivity contribution in [2.75, 3.05) is 14.2 Å². The maximum absolute atomic E-state index is 12.0. The van der Waals surface area contributed by atoms with Gasteiger partial charge in [0.2, 0.25) is 0 Å². The van der Waals surface area contributed by atoms with Crippen molar-refractivity contribution >= 4 is 17.5 Å². The van der Waals surface area contributed by atoms with Gasteiger partial charge >= 0.3 is 0 Å². The number of amides is 1. The van der Waals surface area contributed by atoms with E-state index in [1.54, 1.807) is 18.0 Å². The molecule has 1 N–H and O–H groups in total. The highest BCUT2D eigenvalue weighted by Crippen LogP contribution is 2.30. The van der Waals surface area contributed by atoms with Crippen molar-refractivity contribution in [3.8, 4) is 16.9 Å². The van der Waals surface area contributed by atoms with Crippen LogP contribution in [-0.2, 0) is 17.9 Å². The van der Waals surface area contributed by atoms with Gasteiger partial charge in [0.1, 0.15) is 12.4 Å². The fourth-order valence-corrected chi connectivity index (χ4v) is 3.79. The quantitative estimate of drug-likeness (QED) is 0.578. The number of halogens is 1. The summed E-state index contributed by atoms with van der Waals surface area (Å²) in [5, 5.41) is 10.4. The van der Waals surface area contributed by atoms with Crippen LogP contribution in [0.3, 0.4) is 0 Å². The molecule has 6 heteroatoms. The van der Waals surface area contributed by atoms with Crippen LogP contribution in [0.4, 0.5) is 0 Å². The van der Waals surface area contributed by atoms with E-state index in [1.807, 2.05) is 54.6 Å². The van der Waals surface area contributed by atoms with Crippen molar-refractivity contribution in [1.29, 1.82) is 0 Å². The fraction of sp³-hybridized carbons (Fsp3) is 0.208. The van der Waals surface area contributed by atoms with Crippen molar-refractivity contribution in [2.45, 2.75) is 19.4 Å². The van der Waals surface area contributed by atoms with E-state index in [9.17, 15) is 9.90 Å². The molecule has 0 spiro atoms. The Bertz CT molecular complexity index is 1100. The fourth-order valence-electron chi connectivity index (χ4n) is 3.58. The predicted octanol–water partition coefficient (Wildman–Crippen LogP) is 4.81. The van der Waals surface area contributed by atoms with Crippen LogP contribution in [-0.4, -0.2) is 30.1 Å². The number of aliphatic hydroxyl groups is 1. The smallest absolute Gasteiger partial charge is 0.254 e. The first-order valence-corrected chi connectivity index (χ1v) is 9.95. The van der Waals surface area contributed by atoms with Crippen molar-refractivity contribution in [3.63, 3.8) is 0 Å². The highest BCUT2D eigenvalue weighted by Gasteiger charge is 2.24. The molecule has 0 bridgehead atoms. The summed E-state index contributed by atoms with van der Waals surface area (Å²) >= 11 is 6.18.